The molecule has 25 heavy (non-hydrogen) atoms. The van der Waals surface area contributed by atoms with Gasteiger partial charge in [-0.1, -0.05) is 0 Å². The van der Waals surface area contributed by atoms with Crippen molar-refractivity contribution in [2.75, 3.05) is 27.2 Å². The lowest BCUT2D eigenvalue weighted by Gasteiger charge is -2.24. The lowest BCUT2D eigenvalue weighted by Crippen LogP contribution is -2.31. The summed E-state index contributed by atoms with van der Waals surface area (Å²) in [4.78, 5) is 16.2. The second-order valence-corrected chi connectivity index (χ2v) is 7.82. The molecule has 0 saturated carbocycles. The van der Waals surface area contributed by atoms with Crippen molar-refractivity contribution in [1.29, 1.82) is 0 Å². The van der Waals surface area contributed by atoms with Crippen LogP contribution in [0.1, 0.15) is 15.4 Å². The zero-order valence-electron chi connectivity index (χ0n) is 15.1. The van der Waals surface area contributed by atoms with Crippen molar-refractivity contribution in [1.82, 2.24) is 24.3 Å². The first-order valence-corrected chi connectivity index (χ1v) is 9.29. The van der Waals surface area contributed by atoms with Gasteiger partial charge < -0.3 is 4.90 Å². The van der Waals surface area contributed by atoms with E-state index in [9.17, 15) is 0 Å². The summed E-state index contributed by atoms with van der Waals surface area (Å²) < 4.78 is 2.07. The number of rotatable bonds is 8. The Labute approximate surface area is 153 Å². The molecule has 0 bridgehead atoms. The maximum atomic E-state index is 4.38. The average molecular weight is 356 g/mol. The molecule has 0 aliphatic rings. The van der Waals surface area contributed by atoms with Crippen molar-refractivity contribution in [2.45, 2.75) is 20.0 Å². The molecule has 132 valence electrons. The largest absolute Gasteiger partial charge is 0.308 e. The van der Waals surface area contributed by atoms with Gasteiger partial charge in [0.2, 0.25) is 5.95 Å². The fraction of sp³-hybridized carbons (Fsp3) is 0.368. The third-order valence-corrected chi connectivity index (χ3v) is 5.01. The number of hydrogen-bond acceptors (Lipinski definition) is 5. The van der Waals surface area contributed by atoms with Crippen LogP contribution in [0.25, 0.3) is 5.95 Å². The summed E-state index contributed by atoms with van der Waals surface area (Å²) in [6.07, 6.45) is 5.60. The van der Waals surface area contributed by atoms with E-state index in [0.717, 1.165) is 32.1 Å². The van der Waals surface area contributed by atoms with Gasteiger partial charge in [0.1, 0.15) is 0 Å². The van der Waals surface area contributed by atoms with Crippen LogP contribution in [0.2, 0.25) is 0 Å². The van der Waals surface area contributed by atoms with E-state index in [1.165, 1.54) is 15.4 Å². The Hall–Kier alpha value is -2.02. The first-order valence-electron chi connectivity index (χ1n) is 8.48. The Kier molecular flexibility index (Phi) is 5.96. The van der Waals surface area contributed by atoms with E-state index in [-0.39, 0.29) is 0 Å². The average Bonchev–Trinajstić information content (AvgIpc) is 3.22. The predicted octanol–water partition coefficient (Wildman–Crippen LogP) is 3.20. The summed E-state index contributed by atoms with van der Waals surface area (Å²) in [5, 5.41) is 0. The number of likely N-dealkylation sites (N-methyl/N-ethyl adjacent to an activating group) is 1. The van der Waals surface area contributed by atoms with E-state index < -0.39 is 0 Å². The van der Waals surface area contributed by atoms with Crippen LogP contribution >= 0.6 is 11.3 Å². The van der Waals surface area contributed by atoms with E-state index in [0.29, 0.717) is 0 Å². The fourth-order valence-electron chi connectivity index (χ4n) is 2.73. The highest BCUT2D eigenvalue weighted by Crippen LogP contribution is 2.19. The summed E-state index contributed by atoms with van der Waals surface area (Å²) in [6, 6.07) is 10.5. The molecule has 0 spiro atoms. The van der Waals surface area contributed by atoms with Crippen molar-refractivity contribution >= 4 is 11.3 Å². The minimum absolute atomic E-state index is 0.724. The van der Waals surface area contributed by atoms with Crippen molar-refractivity contribution in [2.24, 2.45) is 0 Å². The van der Waals surface area contributed by atoms with Gasteiger partial charge >= 0.3 is 0 Å². The summed E-state index contributed by atoms with van der Waals surface area (Å²) in [5.74, 6) is 0.724. The smallest absolute Gasteiger partial charge is 0.233 e. The molecule has 0 fully saturated rings. The van der Waals surface area contributed by atoms with Crippen LogP contribution in [0.3, 0.4) is 0 Å². The van der Waals surface area contributed by atoms with Gasteiger partial charge in [0.25, 0.3) is 0 Å². The van der Waals surface area contributed by atoms with Crippen molar-refractivity contribution in [3.63, 3.8) is 0 Å². The lowest BCUT2D eigenvalue weighted by atomic mass is 10.3. The van der Waals surface area contributed by atoms with Gasteiger partial charge in [-0.05, 0) is 51.4 Å². The Morgan fingerprint density at radius 1 is 1.00 bits per heavy atom. The Morgan fingerprint density at radius 2 is 1.80 bits per heavy atom. The minimum atomic E-state index is 0.724. The number of nitrogens with zero attached hydrogens (tertiary/aromatic N) is 5. The Morgan fingerprint density at radius 3 is 2.48 bits per heavy atom. The minimum Gasteiger partial charge on any atom is -0.308 e. The molecule has 0 N–H and O–H groups in total. The Balaban J connectivity index is 1.77. The van der Waals surface area contributed by atoms with Gasteiger partial charge in [-0.3, -0.25) is 9.47 Å². The maximum absolute atomic E-state index is 4.38. The van der Waals surface area contributed by atoms with E-state index in [2.05, 4.69) is 69.6 Å². The van der Waals surface area contributed by atoms with Crippen LogP contribution in [0.4, 0.5) is 0 Å². The molecular weight excluding hydrogens is 330 g/mol. The van der Waals surface area contributed by atoms with Gasteiger partial charge in [-0.25, -0.2) is 9.97 Å². The third-order valence-electron chi connectivity index (χ3n) is 4.03. The van der Waals surface area contributed by atoms with E-state index >= 15 is 0 Å². The molecule has 0 aromatic carbocycles. The highest BCUT2D eigenvalue weighted by atomic mass is 32.1. The van der Waals surface area contributed by atoms with E-state index in [1.807, 2.05) is 23.6 Å². The maximum Gasteiger partial charge on any atom is 0.233 e. The normalized spacial score (nSPS) is 11.6. The third kappa shape index (κ3) is 4.98. The van der Waals surface area contributed by atoms with Gasteiger partial charge in [0.15, 0.2) is 0 Å². The number of aryl methyl sites for hydroxylation is 1. The number of aromatic nitrogens is 3. The van der Waals surface area contributed by atoms with Crippen LogP contribution < -0.4 is 0 Å². The lowest BCUT2D eigenvalue weighted by molar-refractivity contribution is 0.224. The van der Waals surface area contributed by atoms with Gasteiger partial charge in [0.05, 0.1) is 0 Å². The van der Waals surface area contributed by atoms with E-state index in [1.54, 1.807) is 12.4 Å². The van der Waals surface area contributed by atoms with Crippen molar-refractivity contribution in [3.8, 4) is 5.95 Å². The first-order chi connectivity index (χ1) is 12.1. The second-order valence-electron chi connectivity index (χ2n) is 6.44. The van der Waals surface area contributed by atoms with Crippen LogP contribution in [-0.4, -0.2) is 51.5 Å². The quantitative estimate of drug-likeness (QED) is 0.622. The highest BCUT2D eigenvalue weighted by Gasteiger charge is 2.13. The second kappa shape index (κ2) is 8.38. The predicted molar refractivity (Wildman–Crippen MR) is 103 cm³/mol. The molecule has 0 radical (unpaired) electrons. The monoisotopic (exact) mass is 355 g/mol. The Bertz CT molecular complexity index is 778. The van der Waals surface area contributed by atoms with E-state index in [4.69, 9.17) is 0 Å². The molecular formula is C19H25N5S. The van der Waals surface area contributed by atoms with Gasteiger partial charge in [0, 0.05) is 60.2 Å². The molecule has 0 saturated heterocycles. The fourth-order valence-corrected chi connectivity index (χ4v) is 3.66. The zero-order chi connectivity index (χ0) is 17.6. The molecule has 5 nitrogen and oxygen atoms in total. The van der Waals surface area contributed by atoms with Crippen LogP contribution in [0.5, 0.6) is 0 Å². The summed E-state index contributed by atoms with van der Waals surface area (Å²) in [5.41, 5.74) is 1.21. The molecule has 3 heterocycles. The molecule has 0 unspecified atom stereocenters. The molecule has 0 amide bonds. The highest BCUT2D eigenvalue weighted by molar-refractivity contribution is 7.11. The topological polar surface area (TPSA) is 37.2 Å². The standard InChI is InChI=1S/C19H25N5S/c1-16-7-8-18(25-16)15-23(13-12-22(2)3)14-17-6-4-11-24(17)19-20-9-5-10-21-19/h4-11H,12-15H2,1-3H3. The molecule has 6 heteroatoms. The SMILES string of the molecule is Cc1ccc(CN(CCN(C)C)Cc2cccn2-c2ncccn2)s1. The van der Waals surface area contributed by atoms with Crippen LogP contribution in [0.15, 0.2) is 48.9 Å². The van der Waals surface area contributed by atoms with Crippen molar-refractivity contribution in [3.05, 3.63) is 64.4 Å². The molecule has 3 aromatic rings. The molecule has 3 aromatic heterocycles. The number of hydrogen-bond donors (Lipinski definition) is 0. The van der Waals surface area contributed by atoms with Gasteiger partial charge in [-0.2, -0.15) is 0 Å². The summed E-state index contributed by atoms with van der Waals surface area (Å²) in [6.45, 7) is 6.05. The first kappa shape index (κ1) is 17.8. The van der Waals surface area contributed by atoms with Crippen LogP contribution in [-0.2, 0) is 13.1 Å². The van der Waals surface area contributed by atoms with Crippen LogP contribution in [0, 0.1) is 6.92 Å². The molecule has 3 rings (SSSR count). The molecule has 0 aliphatic carbocycles. The molecule has 0 atom stereocenters. The summed E-state index contributed by atoms with van der Waals surface area (Å²) in [7, 11) is 4.24. The zero-order valence-corrected chi connectivity index (χ0v) is 15.9. The van der Waals surface area contributed by atoms with Crippen molar-refractivity contribution < 1.29 is 0 Å². The number of thiophene rings is 1. The van der Waals surface area contributed by atoms with Gasteiger partial charge in [-0.15, -0.1) is 11.3 Å². The summed E-state index contributed by atoms with van der Waals surface area (Å²) >= 11 is 1.88. The molecule has 0 aliphatic heterocycles.